The van der Waals surface area contributed by atoms with Gasteiger partial charge < -0.3 is 10.5 Å². The highest BCUT2D eigenvalue weighted by Crippen LogP contribution is 2.33. The molecule has 1 aromatic rings. The zero-order valence-corrected chi connectivity index (χ0v) is 10.1. The number of nitrogens with zero attached hydrogens (tertiary/aromatic N) is 1. The molecule has 0 aliphatic rings. The number of thioether (sulfide) groups is 1. The molecule has 3 nitrogen and oxygen atoms in total. The molecule has 17 heavy (non-hydrogen) atoms. The van der Waals surface area contributed by atoms with Crippen LogP contribution in [0.2, 0.25) is 0 Å². The zero-order valence-electron chi connectivity index (χ0n) is 9.25. The second-order valence-corrected chi connectivity index (χ2v) is 4.44. The van der Waals surface area contributed by atoms with Gasteiger partial charge >= 0.3 is 6.18 Å². The number of nitrogen functional groups attached to an aromatic ring is 1. The fourth-order valence-corrected chi connectivity index (χ4v) is 2.01. The largest absolute Gasteiger partial charge is 0.433 e. The monoisotopic (exact) mass is 266 g/mol. The van der Waals surface area contributed by atoms with Crippen molar-refractivity contribution in [3.05, 3.63) is 18.0 Å². The number of alkyl halides is 3. The Labute approximate surface area is 102 Å². The lowest BCUT2D eigenvalue weighted by Gasteiger charge is -2.09. The summed E-state index contributed by atoms with van der Waals surface area (Å²) in [5.74, 6) is 0.652. The van der Waals surface area contributed by atoms with Gasteiger partial charge in [0.2, 0.25) is 0 Å². The molecule has 0 aromatic carbocycles. The molecule has 0 fully saturated rings. The molecule has 0 unspecified atom stereocenters. The number of pyridine rings is 1. The van der Waals surface area contributed by atoms with Crippen molar-refractivity contribution >= 4 is 17.4 Å². The number of aromatic nitrogens is 1. The summed E-state index contributed by atoms with van der Waals surface area (Å²) in [7, 11) is 1.58. The summed E-state index contributed by atoms with van der Waals surface area (Å²) in [6.45, 7) is 0.574. The Balaban J connectivity index is 2.70. The van der Waals surface area contributed by atoms with Crippen LogP contribution >= 0.6 is 11.8 Å². The second-order valence-electron chi connectivity index (χ2n) is 3.30. The molecule has 0 spiro atoms. The molecule has 0 bridgehead atoms. The van der Waals surface area contributed by atoms with Crippen molar-refractivity contribution in [3.8, 4) is 0 Å². The van der Waals surface area contributed by atoms with Crippen molar-refractivity contribution in [3.63, 3.8) is 0 Å². The number of methoxy groups -OCH3 is 1. The smallest absolute Gasteiger partial charge is 0.397 e. The maximum Gasteiger partial charge on any atom is 0.433 e. The molecule has 0 atom stereocenters. The van der Waals surface area contributed by atoms with Crippen LogP contribution in [0.25, 0.3) is 0 Å². The van der Waals surface area contributed by atoms with Gasteiger partial charge in [-0.1, -0.05) is 0 Å². The van der Waals surface area contributed by atoms with E-state index in [0.29, 0.717) is 17.3 Å². The van der Waals surface area contributed by atoms with E-state index in [1.165, 1.54) is 11.8 Å². The first-order valence-corrected chi connectivity index (χ1v) is 5.88. The van der Waals surface area contributed by atoms with Gasteiger partial charge in [-0.15, -0.1) is 11.8 Å². The predicted molar refractivity (Wildman–Crippen MR) is 60.9 cm³/mol. The summed E-state index contributed by atoms with van der Waals surface area (Å²) < 4.78 is 42.1. The quantitative estimate of drug-likeness (QED) is 0.657. The molecule has 1 heterocycles. The maximum absolute atomic E-state index is 12.4. The summed E-state index contributed by atoms with van der Waals surface area (Å²) >= 11 is 1.27. The summed E-state index contributed by atoms with van der Waals surface area (Å²) in [6.07, 6.45) is -2.64. The van der Waals surface area contributed by atoms with Crippen molar-refractivity contribution < 1.29 is 17.9 Å². The van der Waals surface area contributed by atoms with Crippen LogP contribution in [0.4, 0.5) is 18.9 Å². The number of nitrogens with two attached hydrogens (primary N) is 1. The molecule has 1 aromatic heterocycles. The van der Waals surface area contributed by atoms with Crippen LogP contribution in [-0.4, -0.2) is 24.5 Å². The summed E-state index contributed by atoms with van der Waals surface area (Å²) in [5, 5.41) is 0. The van der Waals surface area contributed by atoms with Crippen LogP contribution in [-0.2, 0) is 10.9 Å². The molecule has 0 radical (unpaired) electrons. The van der Waals surface area contributed by atoms with E-state index >= 15 is 0 Å². The van der Waals surface area contributed by atoms with Gasteiger partial charge in [-0.3, -0.25) is 0 Å². The van der Waals surface area contributed by atoms with E-state index in [9.17, 15) is 13.2 Å². The number of ether oxygens (including phenoxy) is 1. The first kappa shape index (κ1) is 14.1. The first-order chi connectivity index (χ1) is 7.95. The van der Waals surface area contributed by atoms with Gasteiger partial charge in [0.1, 0.15) is 5.69 Å². The molecule has 0 amide bonds. The lowest BCUT2D eigenvalue weighted by molar-refractivity contribution is -0.141. The fraction of sp³-hybridized carbons (Fsp3) is 0.500. The van der Waals surface area contributed by atoms with Gasteiger partial charge in [0.15, 0.2) is 0 Å². The molecule has 0 saturated carbocycles. The highest BCUT2D eigenvalue weighted by atomic mass is 32.2. The standard InChI is InChI=1S/C10H13F3N2OS/c1-16-3-2-4-17-8-5-9(10(11,12)13)15-6-7(8)14/h5-6H,2-4,14H2,1H3. The Morgan fingerprint density at radius 2 is 2.18 bits per heavy atom. The maximum atomic E-state index is 12.4. The topological polar surface area (TPSA) is 48.1 Å². The minimum atomic E-state index is -4.43. The molecule has 2 N–H and O–H groups in total. The van der Waals surface area contributed by atoms with E-state index in [2.05, 4.69) is 4.98 Å². The Bertz CT molecular complexity index is 371. The second kappa shape index (κ2) is 6.11. The third-order valence-corrected chi connectivity index (χ3v) is 3.09. The molecule has 0 aliphatic heterocycles. The van der Waals surface area contributed by atoms with Crippen LogP contribution in [0, 0.1) is 0 Å². The third kappa shape index (κ3) is 4.43. The van der Waals surface area contributed by atoms with Crippen molar-refractivity contribution in [2.24, 2.45) is 0 Å². The summed E-state index contributed by atoms with van der Waals surface area (Å²) in [4.78, 5) is 3.67. The van der Waals surface area contributed by atoms with Crippen LogP contribution in [0.1, 0.15) is 12.1 Å². The molecule has 1 rings (SSSR count). The van der Waals surface area contributed by atoms with Gasteiger partial charge in [0.25, 0.3) is 0 Å². The van der Waals surface area contributed by atoms with E-state index in [4.69, 9.17) is 10.5 Å². The van der Waals surface area contributed by atoms with Crippen molar-refractivity contribution in [2.45, 2.75) is 17.5 Å². The number of hydrogen-bond acceptors (Lipinski definition) is 4. The zero-order chi connectivity index (χ0) is 12.9. The Morgan fingerprint density at radius 3 is 2.76 bits per heavy atom. The Morgan fingerprint density at radius 1 is 1.47 bits per heavy atom. The van der Waals surface area contributed by atoms with E-state index in [1.54, 1.807) is 7.11 Å². The molecule has 7 heteroatoms. The van der Waals surface area contributed by atoms with Gasteiger partial charge in [0, 0.05) is 24.4 Å². The highest BCUT2D eigenvalue weighted by molar-refractivity contribution is 7.99. The molecule has 0 aliphatic carbocycles. The van der Waals surface area contributed by atoms with Crippen molar-refractivity contribution in [1.82, 2.24) is 4.98 Å². The number of halogens is 3. The third-order valence-electron chi connectivity index (χ3n) is 1.94. The molecule has 96 valence electrons. The minimum Gasteiger partial charge on any atom is -0.397 e. The summed E-state index contributed by atoms with van der Waals surface area (Å²) in [5.41, 5.74) is 4.91. The molecular formula is C10H13F3N2OS. The number of anilines is 1. The number of hydrogen-bond donors (Lipinski definition) is 1. The fourth-order valence-electron chi connectivity index (χ4n) is 1.11. The van der Waals surface area contributed by atoms with Gasteiger partial charge in [-0.05, 0) is 12.5 Å². The summed E-state index contributed by atoms with van der Waals surface area (Å²) in [6, 6.07) is 0.979. The molecular weight excluding hydrogens is 253 g/mol. The highest BCUT2D eigenvalue weighted by Gasteiger charge is 2.32. The number of rotatable bonds is 5. The van der Waals surface area contributed by atoms with Crippen LogP contribution in [0.3, 0.4) is 0 Å². The van der Waals surface area contributed by atoms with Crippen LogP contribution in [0.5, 0.6) is 0 Å². The van der Waals surface area contributed by atoms with E-state index in [-0.39, 0.29) is 5.69 Å². The Hall–Kier alpha value is -0.950. The van der Waals surface area contributed by atoms with Crippen LogP contribution in [0.15, 0.2) is 17.2 Å². The van der Waals surface area contributed by atoms with E-state index < -0.39 is 11.9 Å². The van der Waals surface area contributed by atoms with Gasteiger partial charge in [-0.2, -0.15) is 13.2 Å². The van der Waals surface area contributed by atoms with Gasteiger partial charge in [0.05, 0.1) is 11.9 Å². The normalized spacial score (nSPS) is 11.8. The average Bonchev–Trinajstić information content (AvgIpc) is 2.25. The molecule has 0 saturated heterocycles. The van der Waals surface area contributed by atoms with Crippen LogP contribution < -0.4 is 5.73 Å². The van der Waals surface area contributed by atoms with Gasteiger partial charge in [-0.25, -0.2) is 4.98 Å². The van der Waals surface area contributed by atoms with Crippen molar-refractivity contribution in [1.29, 1.82) is 0 Å². The lowest BCUT2D eigenvalue weighted by atomic mass is 10.3. The predicted octanol–water partition coefficient (Wildman–Crippen LogP) is 2.81. The SMILES string of the molecule is COCCCSc1cc(C(F)(F)F)ncc1N. The first-order valence-electron chi connectivity index (χ1n) is 4.89. The van der Waals surface area contributed by atoms with E-state index in [1.807, 2.05) is 0 Å². The Kier molecular flexibility index (Phi) is 5.07. The van der Waals surface area contributed by atoms with E-state index in [0.717, 1.165) is 18.7 Å². The average molecular weight is 266 g/mol. The van der Waals surface area contributed by atoms with Crippen molar-refractivity contribution in [2.75, 3.05) is 25.2 Å². The lowest BCUT2D eigenvalue weighted by Crippen LogP contribution is -2.08. The minimum absolute atomic E-state index is 0.264.